The summed E-state index contributed by atoms with van der Waals surface area (Å²) in [4.78, 5) is 14.4. The molecular formula is C57H57FIrN4O-2. The van der Waals surface area contributed by atoms with Gasteiger partial charge in [0, 0.05) is 57.6 Å². The van der Waals surface area contributed by atoms with Crippen molar-refractivity contribution in [1.82, 2.24) is 19.5 Å². The number of furan rings is 1. The third-order valence-electron chi connectivity index (χ3n) is 11.6. The largest absolute Gasteiger partial charge is 0.501 e. The summed E-state index contributed by atoms with van der Waals surface area (Å²) in [6.07, 6.45) is 3.65. The van der Waals surface area contributed by atoms with Gasteiger partial charge >= 0.3 is 0 Å². The van der Waals surface area contributed by atoms with Gasteiger partial charge in [-0.2, -0.15) is 0 Å². The molecule has 0 fully saturated rings. The van der Waals surface area contributed by atoms with E-state index in [2.05, 4.69) is 127 Å². The number of nitrogens with zero attached hydrogens (tertiary/aromatic N) is 4. The van der Waals surface area contributed by atoms with Crippen molar-refractivity contribution in [2.75, 3.05) is 0 Å². The van der Waals surface area contributed by atoms with Gasteiger partial charge in [0.15, 0.2) is 5.65 Å². The van der Waals surface area contributed by atoms with Gasteiger partial charge in [-0.15, -0.1) is 42.0 Å². The summed E-state index contributed by atoms with van der Waals surface area (Å²) in [5, 5.41) is 1.97. The first-order valence-electron chi connectivity index (χ1n) is 24.5. The van der Waals surface area contributed by atoms with Crippen LogP contribution < -0.4 is 0 Å². The van der Waals surface area contributed by atoms with Gasteiger partial charge in [-0.3, -0.25) is 9.37 Å². The average Bonchev–Trinajstić information content (AvgIpc) is 3.86. The zero-order valence-electron chi connectivity index (χ0n) is 44.0. The van der Waals surface area contributed by atoms with E-state index < -0.39 is 19.5 Å². The van der Waals surface area contributed by atoms with Crippen LogP contribution in [0.2, 0.25) is 0 Å². The van der Waals surface area contributed by atoms with E-state index in [0.717, 1.165) is 67.3 Å². The number of aryl methyl sites for hydroxylation is 2. The maximum atomic E-state index is 14.1. The number of hydrogen-bond donors (Lipinski definition) is 0. The third kappa shape index (κ3) is 9.11. The molecule has 4 heterocycles. The molecule has 9 rings (SSSR count). The fourth-order valence-corrected chi connectivity index (χ4v) is 7.94. The minimum atomic E-state index is -2.33. The average molecular weight is 1030 g/mol. The number of rotatable bonds is 6. The summed E-state index contributed by atoms with van der Waals surface area (Å²) in [5.74, 6) is 0.672. The van der Waals surface area contributed by atoms with Crippen molar-refractivity contribution in [3.05, 3.63) is 167 Å². The molecule has 7 heteroatoms. The van der Waals surface area contributed by atoms with Gasteiger partial charge < -0.3 is 14.0 Å². The molecule has 0 N–H and O–H groups in total. The number of para-hydroxylation sites is 1. The van der Waals surface area contributed by atoms with Crippen LogP contribution in [0.3, 0.4) is 0 Å². The zero-order valence-corrected chi connectivity index (χ0v) is 40.4. The first kappa shape index (κ1) is 38.7. The first-order valence-corrected chi connectivity index (χ1v) is 21.5. The molecule has 9 aromatic rings. The van der Waals surface area contributed by atoms with Gasteiger partial charge in [0.05, 0.1) is 16.9 Å². The predicted octanol–water partition coefficient (Wildman–Crippen LogP) is 15.6. The van der Waals surface area contributed by atoms with Crippen molar-refractivity contribution in [3.8, 4) is 39.5 Å². The van der Waals surface area contributed by atoms with Crippen LogP contribution in [0.4, 0.5) is 4.39 Å². The maximum absolute atomic E-state index is 14.1. The Morgan fingerprint density at radius 3 is 1.97 bits per heavy atom. The van der Waals surface area contributed by atoms with E-state index >= 15 is 0 Å². The number of benzene rings is 5. The first-order chi connectivity index (χ1) is 32.3. The number of pyridine rings is 2. The van der Waals surface area contributed by atoms with Crippen LogP contribution in [0.5, 0.6) is 0 Å². The van der Waals surface area contributed by atoms with Crippen LogP contribution in [0.1, 0.15) is 123 Å². The van der Waals surface area contributed by atoms with Crippen molar-refractivity contribution in [1.29, 1.82) is 0 Å². The molecule has 0 saturated heterocycles. The number of halogens is 1. The molecule has 0 bridgehead atoms. The van der Waals surface area contributed by atoms with E-state index in [0.29, 0.717) is 22.5 Å². The molecule has 0 spiro atoms. The molecule has 329 valence electrons. The topological polar surface area (TPSA) is 56.7 Å². The molecule has 0 unspecified atom stereocenters. The number of aromatic nitrogens is 4. The molecule has 1 radical (unpaired) electrons. The summed E-state index contributed by atoms with van der Waals surface area (Å²) in [6.45, 7) is 17.3. The van der Waals surface area contributed by atoms with E-state index in [-0.39, 0.29) is 53.9 Å². The van der Waals surface area contributed by atoms with E-state index in [4.69, 9.17) is 22.6 Å². The zero-order chi connectivity index (χ0) is 50.0. The number of imidazole rings is 1. The monoisotopic (exact) mass is 1030 g/mol. The Morgan fingerprint density at radius 1 is 0.688 bits per heavy atom. The standard InChI is InChI=1S/C41H40N3O.C16H17FN.Ir/c1-24(2)30-11-9-12-31(25(3)4)37(30)44-35-22-29(41(6,7)8)23-42-39(35)43-40(44)34-14-10-13-33-32-20-19-28(21-36(32)45-38(33)34)27-17-15-26(5)16-18-27;1-11-5-7-13(14(17)9-11)15-8-6-12(10-18-15)16(2,3)4;/h9-13,15-25H,1-8H3;5-6,8-10H,1-4H3;/q2*-1;/i5D3;1D3;. The smallest absolute Gasteiger partial charge is 0.168 e. The second kappa shape index (κ2) is 18.0. The Hall–Kier alpha value is -5.75. The summed E-state index contributed by atoms with van der Waals surface area (Å²) in [7, 11) is 0. The molecule has 0 saturated carbocycles. The Morgan fingerprint density at radius 2 is 1.36 bits per heavy atom. The molecule has 0 aliphatic rings. The second-order valence-electron chi connectivity index (χ2n) is 19.0. The van der Waals surface area contributed by atoms with Crippen molar-refractivity contribution in [3.63, 3.8) is 0 Å². The SMILES string of the molecule is [2H]C([2H])([2H])c1c[c-]c(-c2ccc(C(C)(C)C)cn2)c(F)c1.[2H]C([2H])([2H])c1ccc(-c2ccc3c(c2)oc2c(-c4nc5ncc(C(C)(C)C)cc5n4-c4c(C(C)C)cccc4C(C)C)[c-]ccc23)cc1.[Ir]. The molecule has 0 aliphatic heterocycles. The van der Waals surface area contributed by atoms with Crippen molar-refractivity contribution in [2.45, 2.75) is 106 Å². The second-order valence-corrected chi connectivity index (χ2v) is 19.0. The predicted molar refractivity (Wildman–Crippen MR) is 259 cm³/mol. The molecule has 5 nitrogen and oxygen atoms in total. The van der Waals surface area contributed by atoms with Gasteiger partial charge in [-0.05, 0) is 80.7 Å². The molecule has 64 heavy (non-hydrogen) atoms. The quantitative estimate of drug-likeness (QED) is 0.156. The van der Waals surface area contributed by atoms with Gasteiger partial charge in [-0.1, -0.05) is 165 Å². The number of fused-ring (bicyclic) bond motifs is 4. The maximum Gasteiger partial charge on any atom is 0.168 e. The number of hydrogen-bond acceptors (Lipinski definition) is 4. The molecule has 0 atom stereocenters. The van der Waals surface area contributed by atoms with E-state index in [1.54, 1.807) is 24.4 Å². The van der Waals surface area contributed by atoms with E-state index in [9.17, 15) is 4.39 Å². The molecule has 4 aromatic heterocycles. The fourth-order valence-electron chi connectivity index (χ4n) is 7.94. The van der Waals surface area contributed by atoms with Gasteiger partial charge in [0.25, 0.3) is 0 Å². The summed E-state index contributed by atoms with van der Waals surface area (Å²) in [6, 6.07) is 38.2. The molecular weight excluding hydrogens is 968 g/mol. The van der Waals surface area contributed by atoms with Crippen LogP contribution in [-0.4, -0.2) is 19.5 Å². The minimum absolute atomic E-state index is 0. The summed E-state index contributed by atoms with van der Waals surface area (Å²) in [5.41, 5.74) is 12.3. The van der Waals surface area contributed by atoms with Crippen molar-refractivity contribution < 1.29 is 37.1 Å². The van der Waals surface area contributed by atoms with E-state index in [1.807, 2.05) is 42.6 Å². The Labute approximate surface area is 400 Å². The van der Waals surface area contributed by atoms with Crippen LogP contribution in [0.15, 0.2) is 120 Å². The van der Waals surface area contributed by atoms with Gasteiger partial charge in [-0.25, -0.2) is 4.98 Å². The Bertz CT molecular complexity index is 3310. The summed E-state index contributed by atoms with van der Waals surface area (Å²) >= 11 is 0. The molecule has 0 aliphatic carbocycles. The Balaban J connectivity index is 0.000000276. The molecule has 5 aromatic carbocycles. The third-order valence-corrected chi connectivity index (χ3v) is 11.6. The molecule has 0 amide bonds. The fraction of sp³-hybridized carbons (Fsp3) is 0.281. The van der Waals surface area contributed by atoms with Crippen LogP contribution in [0.25, 0.3) is 72.6 Å². The van der Waals surface area contributed by atoms with Gasteiger partial charge in [0.2, 0.25) is 0 Å². The minimum Gasteiger partial charge on any atom is -0.501 e. The van der Waals surface area contributed by atoms with Crippen molar-refractivity contribution >= 4 is 33.1 Å². The van der Waals surface area contributed by atoms with Crippen LogP contribution >= 0.6 is 0 Å². The van der Waals surface area contributed by atoms with Crippen molar-refractivity contribution in [2.24, 2.45) is 0 Å². The van der Waals surface area contributed by atoms with E-state index in [1.165, 1.54) is 17.2 Å². The van der Waals surface area contributed by atoms with Crippen LogP contribution in [-0.2, 0) is 30.9 Å². The Kier molecular flexibility index (Phi) is 10.9. The van der Waals surface area contributed by atoms with Crippen LogP contribution in [0, 0.1) is 31.7 Å². The normalized spacial score (nSPS) is 13.8. The van der Waals surface area contributed by atoms with Gasteiger partial charge in [0.1, 0.15) is 5.58 Å². The summed E-state index contributed by atoms with van der Waals surface area (Å²) < 4.78 is 68.1.